The number of aromatic nitrogens is 3. The normalized spacial score (nSPS) is 14.4. The number of nitriles is 1. The molecule has 3 N–H and O–H groups in total. The zero-order valence-electron chi connectivity index (χ0n) is 15.7. The van der Waals surface area contributed by atoms with E-state index in [0.717, 1.165) is 42.9 Å². The first-order valence-corrected chi connectivity index (χ1v) is 9.34. The summed E-state index contributed by atoms with van der Waals surface area (Å²) in [5, 5.41) is 22.8. The molecule has 0 saturated carbocycles. The van der Waals surface area contributed by atoms with Gasteiger partial charge in [-0.2, -0.15) is 10.4 Å². The summed E-state index contributed by atoms with van der Waals surface area (Å²) in [5.74, 6) is 2.69. The number of aromatic amines is 1. The molecule has 7 heteroatoms. The van der Waals surface area contributed by atoms with E-state index in [1.54, 1.807) is 19.2 Å². The first-order valence-electron chi connectivity index (χ1n) is 9.34. The molecule has 0 aliphatic carbocycles. The number of pyridine rings is 1. The second-order valence-electron chi connectivity index (χ2n) is 6.82. The van der Waals surface area contributed by atoms with E-state index >= 15 is 0 Å². The molecule has 1 aromatic carbocycles. The van der Waals surface area contributed by atoms with Gasteiger partial charge in [0.15, 0.2) is 5.82 Å². The summed E-state index contributed by atoms with van der Waals surface area (Å²) in [7, 11) is 1.70. The molecule has 0 bridgehead atoms. The topological polar surface area (TPSA) is 98.7 Å². The Morgan fingerprint density at radius 3 is 2.71 bits per heavy atom. The van der Waals surface area contributed by atoms with Crippen LogP contribution in [0.3, 0.4) is 0 Å². The molecule has 0 spiro atoms. The van der Waals surface area contributed by atoms with Crippen molar-refractivity contribution in [1.29, 1.82) is 5.26 Å². The van der Waals surface area contributed by atoms with E-state index in [-0.39, 0.29) is 0 Å². The van der Waals surface area contributed by atoms with E-state index in [9.17, 15) is 0 Å². The fourth-order valence-electron chi connectivity index (χ4n) is 3.53. The molecular formula is C21H22N6O. The van der Waals surface area contributed by atoms with Crippen LogP contribution in [0.5, 0.6) is 5.75 Å². The van der Waals surface area contributed by atoms with Crippen molar-refractivity contribution in [3.63, 3.8) is 0 Å². The van der Waals surface area contributed by atoms with Gasteiger partial charge >= 0.3 is 0 Å². The van der Waals surface area contributed by atoms with E-state index < -0.39 is 0 Å². The van der Waals surface area contributed by atoms with Gasteiger partial charge in [0.05, 0.1) is 18.4 Å². The average molecular weight is 374 g/mol. The molecule has 1 saturated heterocycles. The molecule has 1 aliphatic heterocycles. The van der Waals surface area contributed by atoms with Gasteiger partial charge in [-0.1, -0.05) is 6.07 Å². The molecule has 1 aliphatic rings. The summed E-state index contributed by atoms with van der Waals surface area (Å²) in [6.45, 7) is 2.13. The number of benzene rings is 1. The Kier molecular flexibility index (Phi) is 5.22. The zero-order valence-corrected chi connectivity index (χ0v) is 15.7. The zero-order chi connectivity index (χ0) is 19.3. The number of rotatable bonds is 5. The lowest BCUT2D eigenvalue weighted by Gasteiger charge is -2.23. The maximum atomic E-state index is 8.86. The molecular weight excluding hydrogens is 352 g/mol. The van der Waals surface area contributed by atoms with Gasteiger partial charge in [0.25, 0.3) is 0 Å². The van der Waals surface area contributed by atoms with Crippen molar-refractivity contribution in [1.82, 2.24) is 20.5 Å². The highest BCUT2D eigenvalue weighted by Crippen LogP contribution is 2.35. The number of ether oxygens (including phenoxy) is 1. The maximum Gasteiger partial charge on any atom is 0.153 e. The van der Waals surface area contributed by atoms with Gasteiger partial charge in [0, 0.05) is 17.8 Å². The van der Waals surface area contributed by atoms with Crippen LogP contribution >= 0.6 is 0 Å². The Balaban J connectivity index is 1.54. The van der Waals surface area contributed by atoms with Gasteiger partial charge in [-0.3, -0.25) is 5.10 Å². The molecule has 2 aromatic heterocycles. The lowest BCUT2D eigenvalue weighted by Crippen LogP contribution is -2.26. The van der Waals surface area contributed by atoms with Crippen molar-refractivity contribution in [2.24, 2.45) is 0 Å². The van der Waals surface area contributed by atoms with Crippen LogP contribution in [0.4, 0.5) is 11.6 Å². The Hall–Kier alpha value is -3.37. The average Bonchev–Trinajstić information content (AvgIpc) is 3.22. The molecule has 0 atom stereocenters. The van der Waals surface area contributed by atoms with Crippen molar-refractivity contribution in [2.75, 3.05) is 25.5 Å². The van der Waals surface area contributed by atoms with Crippen LogP contribution in [0, 0.1) is 11.3 Å². The predicted octanol–water partition coefficient (Wildman–Crippen LogP) is 3.56. The lowest BCUT2D eigenvalue weighted by atomic mass is 9.89. The third-order valence-electron chi connectivity index (χ3n) is 5.05. The van der Waals surface area contributed by atoms with E-state index in [0.29, 0.717) is 23.1 Å². The highest BCUT2D eigenvalue weighted by Gasteiger charge is 2.18. The first-order chi connectivity index (χ1) is 13.8. The number of nitrogens with one attached hydrogen (secondary N) is 3. The fourth-order valence-corrected chi connectivity index (χ4v) is 3.53. The van der Waals surface area contributed by atoms with Crippen molar-refractivity contribution in [2.45, 2.75) is 18.8 Å². The minimum atomic E-state index is 0.520. The molecule has 3 aromatic rings. The number of hydrogen-bond donors (Lipinski definition) is 3. The van der Waals surface area contributed by atoms with Crippen molar-refractivity contribution in [3.8, 4) is 23.1 Å². The van der Waals surface area contributed by atoms with E-state index in [2.05, 4.69) is 50.1 Å². The van der Waals surface area contributed by atoms with Crippen LogP contribution in [0.15, 0.2) is 42.6 Å². The third kappa shape index (κ3) is 3.82. The lowest BCUT2D eigenvalue weighted by molar-refractivity contribution is 0.412. The van der Waals surface area contributed by atoms with Crippen LogP contribution in [-0.4, -0.2) is 35.4 Å². The third-order valence-corrected chi connectivity index (χ3v) is 5.05. The monoisotopic (exact) mass is 374 g/mol. The number of anilines is 2. The van der Waals surface area contributed by atoms with Gasteiger partial charge in [0.2, 0.25) is 0 Å². The summed E-state index contributed by atoms with van der Waals surface area (Å²) in [5.41, 5.74) is 3.67. The molecule has 0 radical (unpaired) electrons. The van der Waals surface area contributed by atoms with E-state index in [1.807, 2.05) is 6.07 Å². The quantitative estimate of drug-likeness (QED) is 0.632. The van der Waals surface area contributed by atoms with Crippen molar-refractivity contribution >= 4 is 11.6 Å². The fraction of sp³-hybridized carbons (Fsp3) is 0.286. The minimum absolute atomic E-state index is 0.520. The predicted molar refractivity (Wildman–Crippen MR) is 108 cm³/mol. The second kappa shape index (κ2) is 8.11. The minimum Gasteiger partial charge on any atom is -0.496 e. The summed E-state index contributed by atoms with van der Waals surface area (Å²) < 4.78 is 5.66. The van der Waals surface area contributed by atoms with Gasteiger partial charge < -0.3 is 15.4 Å². The number of piperidine rings is 1. The molecule has 0 unspecified atom stereocenters. The Labute approximate surface area is 163 Å². The van der Waals surface area contributed by atoms with Gasteiger partial charge in [-0.25, -0.2) is 4.98 Å². The molecule has 4 rings (SSSR count). The van der Waals surface area contributed by atoms with E-state index in [1.165, 1.54) is 11.8 Å². The molecule has 1 fully saturated rings. The van der Waals surface area contributed by atoms with Gasteiger partial charge in [0.1, 0.15) is 17.6 Å². The molecule has 0 amide bonds. The standard InChI is InChI=1S/C21H22N6O/c1-28-19-10-16(15-6-8-23-9-7-15)3-4-17(19)18-11-21(27-26-18)25-20-5-2-14(12-22)13-24-20/h2-5,10-11,13,15,23H,6-9H2,1H3,(H2,24,25,26,27). The Morgan fingerprint density at radius 1 is 1.14 bits per heavy atom. The number of H-pyrrole nitrogens is 1. The van der Waals surface area contributed by atoms with Crippen LogP contribution in [0.2, 0.25) is 0 Å². The van der Waals surface area contributed by atoms with E-state index in [4.69, 9.17) is 10.00 Å². The van der Waals surface area contributed by atoms with Crippen LogP contribution in [0.1, 0.15) is 29.9 Å². The van der Waals surface area contributed by atoms with Crippen LogP contribution < -0.4 is 15.4 Å². The molecule has 142 valence electrons. The summed E-state index contributed by atoms with van der Waals surface area (Å²) in [4.78, 5) is 4.21. The smallest absolute Gasteiger partial charge is 0.153 e. The Morgan fingerprint density at radius 2 is 2.00 bits per heavy atom. The largest absolute Gasteiger partial charge is 0.496 e. The maximum absolute atomic E-state index is 8.86. The summed E-state index contributed by atoms with van der Waals surface area (Å²) >= 11 is 0. The summed E-state index contributed by atoms with van der Waals surface area (Å²) in [6.07, 6.45) is 3.83. The van der Waals surface area contributed by atoms with Crippen molar-refractivity contribution in [3.05, 3.63) is 53.7 Å². The molecule has 28 heavy (non-hydrogen) atoms. The van der Waals surface area contributed by atoms with Crippen LogP contribution in [-0.2, 0) is 0 Å². The summed E-state index contributed by atoms with van der Waals surface area (Å²) in [6, 6.07) is 13.9. The number of methoxy groups -OCH3 is 1. The van der Waals surface area contributed by atoms with Crippen LogP contribution in [0.25, 0.3) is 11.3 Å². The molecule has 3 heterocycles. The first kappa shape index (κ1) is 18.0. The van der Waals surface area contributed by atoms with Gasteiger partial charge in [-0.15, -0.1) is 0 Å². The highest BCUT2D eigenvalue weighted by atomic mass is 16.5. The number of hydrogen-bond acceptors (Lipinski definition) is 6. The second-order valence-corrected chi connectivity index (χ2v) is 6.82. The highest BCUT2D eigenvalue weighted by molar-refractivity contribution is 5.71. The number of nitrogens with zero attached hydrogens (tertiary/aromatic N) is 3. The van der Waals surface area contributed by atoms with Gasteiger partial charge in [-0.05, 0) is 61.7 Å². The van der Waals surface area contributed by atoms with Crippen molar-refractivity contribution < 1.29 is 4.74 Å². The molecule has 7 nitrogen and oxygen atoms in total. The Bertz CT molecular complexity index is 983. The SMILES string of the molecule is COc1cc(C2CCNCC2)ccc1-c1cc(Nc2ccc(C#N)cn2)n[nH]1.